The summed E-state index contributed by atoms with van der Waals surface area (Å²) in [6.45, 7) is 2.44. The number of nitrogens with zero attached hydrogens (tertiary/aromatic N) is 2. The summed E-state index contributed by atoms with van der Waals surface area (Å²) < 4.78 is 17.1. The van der Waals surface area contributed by atoms with Crippen molar-refractivity contribution in [2.75, 3.05) is 7.11 Å². The Bertz CT molecular complexity index is 1130. The molecule has 4 rings (SSSR count). The quantitative estimate of drug-likeness (QED) is 0.650. The third-order valence-electron chi connectivity index (χ3n) is 5.13. The number of methoxy groups -OCH3 is 1. The predicted octanol–water partition coefficient (Wildman–Crippen LogP) is 3.78. The fourth-order valence-corrected chi connectivity index (χ4v) is 3.63. The van der Waals surface area contributed by atoms with Crippen LogP contribution >= 0.6 is 0 Å². The van der Waals surface area contributed by atoms with Crippen molar-refractivity contribution in [1.82, 2.24) is 10.2 Å². The van der Waals surface area contributed by atoms with Gasteiger partial charge in [0.25, 0.3) is 0 Å². The Hall–Kier alpha value is -3.92. The average molecular weight is 402 g/mol. The second-order valence-electron chi connectivity index (χ2n) is 6.88. The van der Waals surface area contributed by atoms with Gasteiger partial charge >= 0.3 is 0 Å². The topological polar surface area (TPSA) is 106 Å². The lowest BCUT2D eigenvalue weighted by Gasteiger charge is -2.24. The Balaban J connectivity index is 1.71. The van der Waals surface area contributed by atoms with E-state index in [2.05, 4.69) is 16.3 Å². The first-order valence-corrected chi connectivity index (χ1v) is 9.65. The van der Waals surface area contributed by atoms with Crippen LogP contribution in [0.25, 0.3) is 0 Å². The molecule has 0 saturated carbocycles. The highest BCUT2D eigenvalue weighted by Crippen LogP contribution is 2.44. The van der Waals surface area contributed by atoms with E-state index in [9.17, 15) is 5.26 Å². The number of nitrogens with two attached hydrogens (primary N) is 1. The van der Waals surface area contributed by atoms with Gasteiger partial charge in [-0.3, -0.25) is 5.10 Å². The first kappa shape index (κ1) is 19.4. The van der Waals surface area contributed by atoms with Gasteiger partial charge in [0.05, 0.1) is 13.0 Å². The molecule has 2 heterocycles. The van der Waals surface area contributed by atoms with Crippen molar-refractivity contribution >= 4 is 0 Å². The molecule has 0 radical (unpaired) electrons. The van der Waals surface area contributed by atoms with E-state index in [-0.39, 0.29) is 5.88 Å². The molecule has 30 heavy (non-hydrogen) atoms. The van der Waals surface area contributed by atoms with Gasteiger partial charge in [0.1, 0.15) is 18.2 Å². The maximum atomic E-state index is 9.76. The summed E-state index contributed by atoms with van der Waals surface area (Å²) in [6.07, 6.45) is 0.718. The van der Waals surface area contributed by atoms with E-state index in [0.29, 0.717) is 29.6 Å². The average Bonchev–Trinajstić information content (AvgIpc) is 3.19. The van der Waals surface area contributed by atoms with Crippen molar-refractivity contribution in [3.8, 4) is 23.4 Å². The van der Waals surface area contributed by atoms with Crippen molar-refractivity contribution in [2.45, 2.75) is 25.9 Å². The Morgan fingerprint density at radius 2 is 2.00 bits per heavy atom. The molecular weight excluding hydrogens is 380 g/mol. The lowest BCUT2D eigenvalue weighted by molar-refractivity contribution is 0.284. The Morgan fingerprint density at radius 1 is 1.20 bits per heavy atom. The standard InChI is InChI=1S/C23H22N4O3/c1-3-17-21-20(16(12-24)22(25)30-23(21)27-26-17)15-9-10-18(19(11-15)28-2)29-13-14-7-5-4-6-8-14/h4-11,20H,3,13,25H2,1-2H3,(H,26,27)/t20-/m0/s1. The highest BCUT2D eigenvalue weighted by atomic mass is 16.5. The maximum absolute atomic E-state index is 9.76. The molecule has 1 atom stereocenters. The summed E-state index contributed by atoms with van der Waals surface area (Å²) in [5, 5.41) is 17.0. The van der Waals surface area contributed by atoms with Gasteiger partial charge in [-0.15, -0.1) is 5.10 Å². The van der Waals surface area contributed by atoms with E-state index in [0.717, 1.165) is 28.8 Å². The molecule has 3 N–H and O–H groups in total. The van der Waals surface area contributed by atoms with E-state index in [1.165, 1.54) is 0 Å². The molecular formula is C23H22N4O3. The fraction of sp³-hybridized carbons (Fsp3) is 0.217. The van der Waals surface area contributed by atoms with E-state index in [4.69, 9.17) is 19.9 Å². The number of hydrogen-bond acceptors (Lipinski definition) is 6. The second-order valence-corrected chi connectivity index (χ2v) is 6.88. The predicted molar refractivity (Wildman–Crippen MR) is 111 cm³/mol. The Morgan fingerprint density at radius 3 is 2.70 bits per heavy atom. The molecule has 0 saturated heterocycles. The number of H-pyrrole nitrogens is 1. The van der Waals surface area contributed by atoms with Crippen LogP contribution in [-0.4, -0.2) is 17.3 Å². The molecule has 1 aromatic heterocycles. The molecule has 7 heteroatoms. The number of benzene rings is 2. The number of ether oxygens (including phenoxy) is 3. The summed E-state index contributed by atoms with van der Waals surface area (Å²) in [4.78, 5) is 0. The molecule has 0 bridgehead atoms. The van der Waals surface area contributed by atoms with Gasteiger partial charge in [-0.1, -0.05) is 43.3 Å². The highest BCUT2D eigenvalue weighted by Gasteiger charge is 2.35. The zero-order chi connectivity index (χ0) is 21.1. The van der Waals surface area contributed by atoms with E-state index in [1.54, 1.807) is 7.11 Å². The van der Waals surface area contributed by atoms with Crippen molar-refractivity contribution in [1.29, 1.82) is 5.26 Å². The van der Waals surface area contributed by atoms with Gasteiger partial charge in [-0.05, 0) is 29.7 Å². The van der Waals surface area contributed by atoms with Gasteiger partial charge in [0, 0.05) is 11.3 Å². The number of fused-ring (bicyclic) bond motifs is 1. The fourth-order valence-electron chi connectivity index (χ4n) is 3.63. The number of rotatable bonds is 6. The number of aromatic nitrogens is 2. The van der Waals surface area contributed by atoms with Crippen molar-refractivity contribution in [3.05, 3.63) is 82.4 Å². The van der Waals surface area contributed by atoms with Crippen LogP contribution in [0.15, 0.2) is 60.0 Å². The minimum absolute atomic E-state index is 0.0625. The highest BCUT2D eigenvalue weighted by molar-refractivity contribution is 5.57. The summed E-state index contributed by atoms with van der Waals surface area (Å²) in [5.74, 6) is 1.26. The molecule has 1 aliphatic heterocycles. The minimum atomic E-state index is -0.399. The molecule has 7 nitrogen and oxygen atoms in total. The molecule has 3 aromatic rings. The molecule has 0 aliphatic carbocycles. The normalized spacial score (nSPS) is 15.2. The van der Waals surface area contributed by atoms with Crippen molar-refractivity contribution in [2.24, 2.45) is 5.73 Å². The van der Waals surface area contributed by atoms with Gasteiger partial charge in [-0.2, -0.15) is 5.26 Å². The van der Waals surface area contributed by atoms with Gasteiger partial charge in [0.2, 0.25) is 11.8 Å². The first-order valence-electron chi connectivity index (χ1n) is 9.65. The van der Waals surface area contributed by atoms with Crippen LogP contribution in [-0.2, 0) is 13.0 Å². The molecule has 0 spiro atoms. The number of aryl methyl sites for hydroxylation is 1. The van der Waals surface area contributed by atoms with E-state index in [1.807, 2.05) is 55.5 Å². The number of hydrogen-bond donors (Lipinski definition) is 2. The van der Waals surface area contributed by atoms with Crippen molar-refractivity contribution in [3.63, 3.8) is 0 Å². The molecule has 0 unspecified atom stereocenters. The van der Waals surface area contributed by atoms with Gasteiger partial charge < -0.3 is 19.9 Å². The molecule has 0 amide bonds. The molecule has 0 fully saturated rings. The number of nitrogens with one attached hydrogen (secondary N) is 1. The third-order valence-corrected chi connectivity index (χ3v) is 5.13. The van der Waals surface area contributed by atoms with Gasteiger partial charge in [0.15, 0.2) is 11.5 Å². The minimum Gasteiger partial charge on any atom is -0.493 e. The maximum Gasteiger partial charge on any atom is 0.244 e. The molecule has 152 valence electrons. The smallest absolute Gasteiger partial charge is 0.244 e. The summed E-state index contributed by atoms with van der Waals surface area (Å²) in [7, 11) is 1.59. The SMILES string of the molecule is CCc1[nH]nc2c1[C@@H](c1ccc(OCc3ccccc3)c(OC)c1)C(C#N)=C(N)O2. The van der Waals surface area contributed by atoms with Crippen LogP contribution in [0.5, 0.6) is 17.4 Å². The zero-order valence-electron chi connectivity index (χ0n) is 16.8. The Labute approximate surface area is 174 Å². The lowest BCUT2D eigenvalue weighted by atomic mass is 9.83. The van der Waals surface area contributed by atoms with Crippen LogP contribution in [0.1, 0.15) is 35.2 Å². The van der Waals surface area contributed by atoms with E-state index < -0.39 is 5.92 Å². The molecule has 1 aliphatic rings. The lowest BCUT2D eigenvalue weighted by Crippen LogP contribution is -2.21. The van der Waals surface area contributed by atoms with Crippen LogP contribution in [0.3, 0.4) is 0 Å². The molecule has 2 aromatic carbocycles. The third kappa shape index (κ3) is 3.44. The van der Waals surface area contributed by atoms with E-state index >= 15 is 0 Å². The van der Waals surface area contributed by atoms with Crippen LogP contribution < -0.4 is 19.9 Å². The summed E-state index contributed by atoms with van der Waals surface area (Å²) in [5.41, 5.74) is 10.00. The Kier molecular flexibility index (Phi) is 5.31. The van der Waals surface area contributed by atoms with Crippen LogP contribution in [0, 0.1) is 11.3 Å². The first-order chi connectivity index (χ1) is 14.7. The monoisotopic (exact) mass is 402 g/mol. The number of nitriles is 1. The van der Waals surface area contributed by atoms with Crippen LogP contribution in [0.4, 0.5) is 0 Å². The second kappa shape index (κ2) is 8.21. The van der Waals surface area contributed by atoms with Gasteiger partial charge in [-0.25, -0.2) is 0 Å². The number of aromatic amines is 1. The largest absolute Gasteiger partial charge is 0.493 e. The number of allylic oxidation sites excluding steroid dienone is 1. The van der Waals surface area contributed by atoms with Crippen LogP contribution in [0.2, 0.25) is 0 Å². The summed E-state index contributed by atoms with van der Waals surface area (Å²) >= 11 is 0. The zero-order valence-corrected chi connectivity index (χ0v) is 16.8. The summed E-state index contributed by atoms with van der Waals surface area (Å²) in [6, 6.07) is 17.7. The van der Waals surface area contributed by atoms with Crippen molar-refractivity contribution < 1.29 is 14.2 Å².